The van der Waals surface area contributed by atoms with E-state index in [0.29, 0.717) is 0 Å². The first-order valence-corrected chi connectivity index (χ1v) is 1.61. The molecular weight excluding hydrogens is 78.0 g/mol. The van der Waals surface area contributed by atoms with Crippen LogP contribution in [0.1, 0.15) is 6.92 Å². The monoisotopic (exact) mass is 83.0 g/mol. The summed E-state index contributed by atoms with van der Waals surface area (Å²) in [5.41, 5.74) is 0. The Hall–Kier alpha value is -0.970. The molecule has 0 atom stereocenters. The molecule has 0 aliphatic heterocycles. The van der Waals surface area contributed by atoms with Gasteiger partial charge in [0.2, 0.25) is 0 Å². The van der Waals surface area contributed by atoms with Crippen LogP contribution in [0.2, 0.25) is 0 Å². The predicted molar refractivity (Wildman–Crippen MR) is 25.4 cm³/mol. The Morgan fingerprint density at radius 3 is 2.67 bits per heavy atom. The van der Waals surface area contributed by atoms with Crippen molar-refractivity contribution in [3.8, 4) is 6.07 Å². The Labute approximate surface area is 36.5 Å². The van der Waals surface area contributed by atoms with Gasteiger partial charge in [0.05, 0.1) is 6.08 Å². The highest BCUT2D eigenvalue weighted by molar-refractivity contribution is 5.07. The molecule has 0 amide bonds. The van der Waals surface area contributed by atoms with Gasteiger partial charge in [0.25, 0.3) is 0 Å². The smallest absolute Gasteiger partial charge is 0.328 e. The molecule has 0 N–H and O–H groups in total. The molecule has 0 heterocycles. The summed E-state index contributed by atoms with van der Waals surface area (Å²) in [6, 6.07) is 2.09. The zero-order chi connectivity index (χ0) is 4.83. The molecule has 2 heteroatoms. The fourth-order valence-electron chi connectivity index (χ4n) is 0.105. The summed E-state index contributed by atoms with van der Waals surface area (Å²) >= 11 is 0. The summed E-state index contributed by atoms with van der Waals surface area (Å²) in [4.78, 5) is 0. The third-order valence-electron chi connectivity index (χ3n) is 0.294. The second kappa shape index (κ2) is 4.03. The highest BCUT2D eigenvalue weighted by Crippen LogP contribution is 1.64. The summed E-state index contributed by atoms with van der Waals surface area (Å²) in [6.07, 6.45) is 3.13. The van der Waals surface area contributed by atoms with E-state index in [1.807, 2.05) is 0 Å². The Kier molecular flexibility index (Phi) is 3.38. The molecule has 0 aliphatic rings. The maximum atomic E-state index is 9.15. The van der Waals surface area contributed by atoms with Crippen molar-refractivity contribution in [3.05, 3.63) is 22.4 Å². The fraction of sp³-hybridized carbons (Fsp3) is 0.250. The molecule has 0 aromatic rings. The second-order valence-electron chi connectivity index (χ2n) is 0.720. The minimum Gasteiger partial charge on any atom is -0.498 e. The number of nitrogens with zero attached hydrogens (tertiary/aromatic N) is 1. The van der Waals surface area contributed by atoms with Crippen LogP contribution in [0.25, 0.3) is 5.01 Å². The van der Waals surface area contributed by atoms with E-state index in [4.69, 9.17) is 5.21 Å². The third-order valence-corrected chi connectivity index (χ3v) is 0.294. The lowest BCUT2D eigenvalue weighted by molar-refractivity contribution is 1.76. The van der Waals surface area contributed by atoms with Gasteiger partial charge >= 0.3 is 6.07 Å². The van der Waals surface area contributed by atoms with Crippen LogP contribution in [0.4, 0.5) is 0 Å². The minimum absolute atomic E-state index is 1.45. The van der Waals surface area contributed by atoms with E-state index >= 15 is 0 Å². The van der Waals surface area contributed by atoms with Crippen LogP contribution in [0.15, 0.2) is 12.2 Å². The molecule has 6 heavy (non-hydrogen) atoms. The Bertz CT molecular complexity index is 95.9. The van der Waals surface area contributed by atoms with Gasteiger partial charge in [-0.05, 0) is 6.92 Å². The molecule has 0 saturated heterocycles. The van der Waals surface area contributed by atoms with Crippen LogP contribution >= 0.6 is 0 Å². The van der Waals surface area contributed by atoms with Gasteiger partial charge in [-0.15, -0.1) is 0 Å². The van der Waals surface area contributed by atoms with Gasteiger partial charge in [-0.1, -0.05) is 6.08 Å². The van der Waals surface area contributed by atoms with E-state index in [9.17, 15) is 0 Å². The molecule has 0 aromatic heterocycles. The van der Waals surface area contributed by atoms with Gasteiger partial charge in [0.15, 0.2) is 0 Å². The van der Waals surface area contributed by atoms with Crippen LogP contribution in [-0.4, -0.2) is 0 Å². The molecule has 0 radical (unpaired) electrons. The average Bonchev–Trinajstić information content (AvgIpc) is 1.61. The van der Waals surface area contributed by atoms with Crippen LogP contribution in [-0.2, 0) is 0 Å². The Balaban J connectivity index is 3.24. The lowest BCUT2D eigenvalue weighted by Gasteiger charge is -1.49. The number of hydrogen-bond donors (Lipinski definition) is 0. The molecule has 2 nitrogen and oxygen atoms in total. The van der Waals surface area contributed by atoms with Gasteiger partial charge in [-0.2, -0.15) is 0 Å². The zero-order valence-electron chi connectivity index (χ0n) is 3.51. The third kappa shape index (κ3) is 3.03. The maximum Gasteiger partial charge on any atom is 0.328 e. The summed E-state index contributed by atoms with van der Waals surface area (Å²) in [5, 5.41) is 11.5. The summed E-state index contributed by atoms with van der Waals surface area (Å²) in [5.74, 6) is 0. The molecule has 0 aromatic carbocycles. The molecule has 0 bridgehead atoms. The molecular formula is C4H5NO. The van der Waals surface area contributed by atoms with Crippen LogP contribution < -0.4 is 0 Å². The maximum absolute atomic E-state index is 9.15. The summed E-state index contributed by atoms with van der Waals surface area (Å²) < 4.78 is 0. The largest absolute Gasteiger partial charge is 0.498 e. The average molecular weight is 83.1 g/mol. The first kappa shape index (κ1) is 5.03. The number of allylic oxidation sites excluding steroid dienone is 2. The van der Waals surface area contributed by atoms with E-state index in [1.165, 1.54) is 6.08 Å². The van der Waals surface area contributed by atoms with Crippen molar-refractivity contribution >= 4 is 0 Å². The molecule has 0 aliphatic carbocycles. The molecule has 0 spiro atoms. The second-order valence-corrected chi connectivity index (χ2v) is 0.720. The van der Waals surface area contributed by atoms with Crippen LogP contribution in [0.5, 0.6) is 0 Å². The number of rotatable bonds is 0. The van der Waals surface area contributed by atoms with Crippen LogP contribution in [0, 0.1) is 11.3 Å². The standard InChI is InChI=1S/C4H5NO/c1-2-3-4-5-6/h2-3H,1H3. The van der Waals surface area contributed by atoms with E-state index in [-0.39, 0.29) is 0 Å². The van der Waals surface area contributed by atoms with Crippen molar-refractivity contribution in [1.29, 1.82) is 0 Å². The highest BCUT2D eigenvalue weighted by atomic mass is 16.4. The SMILES string of the molecule is CC=CC#[N+][O-]. The van der Waals surface area contributed by atoms with E-state index in [2.05, 4.69) is 11.1 Å². The number of hydrogen-bond acceptors (Lipinski definition) is 1. The van der Waals surface area contributed by atoms with E-state index in [1.54, 1.807) is 13.0 Å². The topological polar surface area (TPSA) is 27.4 Å². The summed E-state index contributed by atoms with van der Waals surface area (Å²) in [7, 11) is 0. The minimum atomic E-state index is 1.45. The molecule has 0 unspecified atom stereocenters. The van der Waals surface area contributed by atoms with Crippen LogP contribution in [0.3, 0.4) is 0 Å². The first-order chi connectivity index (χ1) is 2.91. The van der Waals surface area contributed by atoms with E-state index in [0.717, 1.165) is 0 Å². The fourth-order valence-corrected chi connectivity index (χ4v) is 0.105. The summed E-state index contributed by atoms with van der Waals surface area (Å²) in [6.45, 7) is 1.79. The molecule has 32 valence electrons. The zero-order valence-corrected chi connectivity index (χ0v) is 3.51. The van der Waals surface area contributed by atoms with Gasteiger partial charge in [-0.25, -0.2) is 0 Å². The quantitative estimate of drug-likeness (QED) is 0.321. The van der Waals surface area contributed by atoms with Crippen molar-refractivity contribution in [2.24, 2.45) is 0 Å². The van der Waals surface area contributed by atoms with Crippen molar-refractivity contribution < 1.29 is 0 Å². The highest BCUT2D eigenvalue weighted by Gasteiger charge is 1.59. The van der Waals surface area contributed by atoms with Crippen molar-refractivity contribution in [1.82, 2.24) is 0 Å². The Morgan fingerprint density at radius 2 is 2.50 bits per heavy atom. The molecule has 0 fully saturated rings. The van der Waals surface area contributed by atoms with Crippen molar-refractivity contribution in [3.63, 3.8) is 0 Å². The van der Waals surface area contributed by atoms with Gasteiger partial charge in [-0.3, -0.25) is 0 Å². The van der Waals surface area contributed by atoms with E-state index < -0.39 is 0 Å². The van der Waals surface area contributed by atoms with Crippen molar-refractivity contribution in [2.45, 2.75) is 6.92 Å². The van der Waals surface area contributed by atoms with Crippen molar-refractivity contribution in [2.75, 3.05) is 0 Å². The van der Waals surface area contributed by atoms with Gasteiger partial charge in [0.1, 0.15) is 0 Å². The van der Waals surface area contributed by atoms with Gasteiger partial charge < -0.3 is 5.21 Å². The predicted octanol–water partition coefficient (Wildman–Crippen LogP) is 1.39. The molecule has 0 rings (SSSR count). The molecule has 0 saturated carbocycles. The lowest BCUT2D eigenvalue weighted by Crippen LogP contribution is -1.38. The Morgan fingerprint density at radius 1 is 1.83 bits per heavy atom. The van der Waals surface area contributed by atoms with Gasteiger partial charge in [0, 0.05) is 5.01 Å². The first-order valence-electron chi connectivity index (χ1n) is 1.61. The normalized spacial score (nSPS) is 7.50. The lowest BCUT2D eigenvalue weighted by atomic mass is 10.6.